The number of fused-ring (bicyclic) bond motifs is 1. The summed E-state index contributed by atoms with van der Waals surface area (Å²) in [4.78, 5) is 38.8. The van der Waals surface area contributed by atoms with E-state index in [1.807, 2.05) is 5.38 Å². The molecule has 0 spiro atoms. The number of carboxylic acid groups (broad SMARTS) is 1. The minimum atomic E-state index is -5.08. The van der Waals surface area contributed by atoms with Crippen molar-refractivity contribution in [2.45, 2.75) is 31.7 Å². The molecule has 0 radical (unpaired) electrons. The summed E-state index contributed by atoms with van der Waals surface area (Å²) in [6.07, 6.45) is -4.66. The summed E-state index contributed by atoms with van der Waals surface area (Å²) < 4.78 is 38.1. The highest BCUT2D eigenvalue weighted by Crippen LogP contribution is 2.16. The molecule has 1 atom stereocenters. The van der Waals surface area contributed by atoms with Gasteiger partial charge in [0.15, 0.2) is 5.69 Å². The smallest absolute Gasteiger partial charge is 0.475 e. The third kappa shape index (κ3) is 6.00. The maximum Gasteiger partial charge on any atom is 0.490 e. The molecule has 3 heterocycles. The number of nitrogens with two attached hydrogens (primary N) is 1. The second kappa shape index (κ2) is 9.67. The van der Waals surface area contributed by atoms with E-state index in [0.29, 0.717) is 26.1 Å². The Bertz CT molecular complexity index is 900. The molecule has 0 saturated carbocycles. The molecule has 1 aliphatic rings. The summed E-state index contributed by atoms with van der Waals surface area (Å²) >= 11 is 1.48. The normalized spacial score (nSPS) is 14.2. The number of methoxy groups -OCH3 is 1. The lowest BCUT2D eigenvalue weighted by atomic mass is 10.1. The first-order valence-corrected chi connectivity index (χ1v) is 9.33. The Morgan fingerprint density at radius 2 is 2.03 bits per heavy atom. The summed E-state index contributed by atoms with van der Waals surface area (Å²) in [6, 6.07) is 1.03. The zero-order valence-electron chi connectivity index (χ0n) is 15.6. The van der Waals surface area contributed by atoms with Gasteiger partial charge in [-0.05, 0) is 6.07 Å². The SMILES string of the molecule is COC(=O)c1cc2n(n1)CCN(C(=O)[C@@H](N)Cc1cscn1)C2.O=C(O)C(F)(F)F. The first-order chi connectivity index (χ1) is 14.0. The summed E-state index contributed by atoms with van der Waals surface area (Å²) in [5.41, 5.74) is 9.61. The van der Waals surface area contributed by atoms with Gasteiger partial charge >= 0.3 is 18.1 Å². The molecule has 2 aromatic heterocycles. The largest absolute Gasteiger partial charge is 0.490 e. The van der Waals surface area contributed by atoms with Crippen molar-refractivity contribution in [2.75, 3.05) is 13.7 Å². The first kappa shape index (κ1) is 23.3. The van der Waals surface area contributed by atoms with E-state index in [9.17, 15) is 22.8 Å². The Balaban J connectivity index is 0.000000396. The van der Waals surface area contributed by atoms with Crippen LogP contribution in [0.2, 0.25) is 0 Å². The monoisotopic (exact) mass is 449 g/mol. The molecule has 2 aromatic rings. The molecule has 1 aliphatic heterocycles. The first-order valence-electron chi connectivity index (χ1n) is 8.39. The van der Waals surface area contributed by atoms with Crippen LogP contribution in [0.25, 0.3) is 0 Å². The molecule has 14 heteroatoms. The van der Waals surface area contributed by atoms with Crippen LogP contribution in [0.1, 0.15) is 21.9 Å². The van der Waals surface area contributed by atoms with Crippen molar-refractivity contribution in [1.29, 1.82) is 0 Å². The number of hydrogen-bond donors (Lipinski definition) is 2. The van der Waals surface area contributed by atoms with Crippen LogP contribution < -0.4 is 5.73 Å². The van der Waals surface area contributed by atoms with E-state index in [-0.39, 0.29) is 11.6 Å². The van der Waals surface area contributed by atoms with Gasteiger partial charge in [0.1, 0.15) is 0 Å². The van der Waals surface area contributed by atoms with Gasteiger partial charge in [-0.15, -0.1) is 11.3 Å². The molecule has 164 valence electrons. The van der Waals surface area contributed by atoms with E-state index in [4.69, 9.17) is 15.6 Å². The van der Waals surface area contributed by atoms with Crippen molar-refractivity contribution in [1.82, 2.24) is 19.7 Å². The van der Waals surface area contributed by atoms with E-state index >= 15 is 0 Å². The summed E-state index contributed by atoms with van der Waals surface area (Å²) in [5.74, 6) is -3.36. The number of halogens is 3. The minimum Gasteiger partial charge on any atom is -0.475 e. The lowest BCUT2D eigenvalue weighted by molar-refractivity contribution is -0.192. The standard InChI is InChI=1S/C14H17N5O3S.C2HF3O2/c1-22-14(21)12-5-10-6-18(2-3-19(10)17-12)13(20)11(15)4-9-7-23-8-16-9;3-2(4,5)1(6)7/h5,7-8,11H,2-4,6,15H2,1H3;(H,6,7)/t11-;/m0./s1. The maximum absolute atomic E-state index is 12.5. The van der Waals surface area contributed by atoms with Gasteiger partial charge in [0.05, 0.1) is 43.1 Å². The number of aliphatic carboxylic acids is 1. The van der Waals surface area contributed by atoms with Gasteiger partial charge in [0.2, 0.25) is 5.91 Å². The van der Waals surface area contributed by atoms with Crippen LogP contribution in [0.4, 0.5) is 13.2 Å². The highest BCUT2D eigenvalue weighted by molar-refractivity contribution is 7.07. The van der Waals surface area contributed by atoms with Gasteiger partial charge < -0.3 is 20.5 Å². The van der Waals surface area contributed by atoms with Crippen molar-refractivity contribution < 1.29 is 37.4 Å². The van der Waals surface area contributed by atoms with E-state index < -0.39 is 24.2 Å². The summed E-state index contributed by atoms with van der Waals surface area (Å²) in [7, 11) is 1.31. The topological polar surface area (TPSA) is 141 Å². The van der Waals surface area contributed by atoms with E-state index in [1.165, 1.54) is 18.4 Å². The van der Waals surface area contributed by atoms with Crippen molar-refractivity contribution in [2.24, 2.45) is 5.73 Å². The number of nitrogens with zero attached hydrogens (tertiary/aromatic N) is 4. The van der Waals surface area contributed by atoms with Gasteiger partial charge in [0.25, 0.3) is 0 Å². The van der Waals surface area contributed by atoms with Gasteiger partial charge in [-0.3, -0.25) is 9.48 Å². The molecular weight excluding hydrogens is 431 g/mol. The second-order valence-corrected chi connectivity index (χ2v) is 6.81. The quantitative estimate of drug-likeness (QED) is 0.649. The highest BCUT2D eigenvalue weighted by atomic mass is 32.1. The zero-order valence-corrected chi connectivity index (χ0v) is 16.4. The van der Waals surface area contributed by atoms with E-state index in [0.717, 1.165) is 11.4 Å². The van der Waals surface area contributed by atoms with Gasteiger partial charge in [0, 0.05) is 18.3 Å². The number of carboxylic acids is 1. The number of esters is 1. The minimum absolute atomic E-state index is 0.120. The molecule has 3 rings (SSSR count). The maximum atomic E-state index is 12.5. The van der Waals surface area contributed by atoms with Gasteiger partial charge in [-0.1, -0.05) is 0 Å². The predicted octanol–water partition coefficient (Wildman–Crippen LogP) is 0.672. The number of alkyl halides is 3. The van der Waals surface area contributed by atoms with Crippen LogP contribution in [0.5, 0.6) is 0 Å². The molecule has 30 heavy (non-hydrogen) atoms. The average molecular weight is 449 g/mol. The lowest BCUT2D eigenvalue weighted by Gasteiger charge is -2.29. The number of amides is 1. The molecule has 0 aromatic carbocycles. The van der Waals surface area contributed by atoms with Crippen LogP contribution in [0, 0.1) is 0 Å². The van der Waals surface area contributed by atoms with Crippen LogP contribution in [0.15, 0.2) is 17.0 Å². The second-order valence-electron chi connectivity index (χ2n) is 6.09. The Morgan fingerprint density at radius 1 is 1.37 bits per heavy atom. The number of thiazole rings is 1. The molecule has 10 nitrogen and oxygen atoms in total. The third-order valence-corrected chi connectivity index (χ3v) is 4.61. The Kier molecular flexibility index (Phi) is 7.50. The van der Waals surface area contributed by atoms with Gasteiger partial charge in [-0.25, -0.2) is 14.6 Å². The van der Waals surface area contributed by atoms with Crippen molar-refractivity contribution in [3.05, 3.63) is 34.0 Å². The van der Waals surface area contributed by atoms with Crippen LogP contribution in [-0.2, 0) is 33.8 Å². The molecule has 0 fully saturated rings. The molecule has 0 saturated heterocycles. The van der Waals surface area contributed by atoms with Crippen molar-refractivity contribution >= 4 is 29.2 Å². The van der Waals surface area contributed by atoms with Crippen LogP contribution in [-0.4, -0.2) is 68.5 Å². The number of aromatic nitrogens is 3. The number of rotatable bonds is 4. The Labute approximate surface area is 172 Å². The molecular formula is C16H18F3N5O5S. The fraction of sp³-hybridized carbons (Fsp3) is 0.438. The molecule has 0 bridgehead atoms. The van der Waals surface area contributed by atoms with E-state index in [2.05, 4.69) is 14.8 Å². The number of ether oxygens (including phenoxy) is 1. The van der Waals surface area contributed by atoms with Gasteiger partial charge in [-0.2, -0.15) is 18.3 Å². The number of hydrogen-bond acceptors (Lipinski definition) is 8. The number of carbonyl (C=O) groups excluding carboxylic acids is 2. The van der Waals surface area contributed by atoms with Crippen LogP contribution >= 0.6 is 11.3 Å². The average Bonchev–Trinajstić information content (AvgIpc) is 3.35. The van der Waals surface area contributed by atoms with Crippen molar-refractivity contribution in [3.63, 3.8) is 0 Å². The third-order valence-electron chi connectivity index (χ3n) is 3.98. The molecule has 0 aliphatic carbocycles. The highest BCUT2D eigenvalue weighted by Gasteiger charge is 2.38. The van der Waals surface area contributed by atoms with E-state index in [1.54, 1.807) is 21.2 Å². The molecule has 0 unspecified atom stereocenters. The molecule has 3 N–H and O–H groups in total. The Hall–Kier alpha value is -3.00. The fourth-order valence-corrected chi connectivity index (χ4v) is 3.12. The van der Waals surface area contributed by atoms with Crippen LogP contribution in [0.3, 0.4) is 0 Å². The predicted molar refractivity (Wildman–Crippen MR) is 96.5 cm³/mol. The summed E-state index contributed by atoms with van der Waals surface area (Å²) in [5, 5.41) is 13.2. The van der Waals surface area contributed by atoms with Crippen molar-refractivity contribution in [3.8, 4) is 0 Å². The number of carbonyl (C=O) groups is 3. The fourth-order valence-electron chi connectivity index (χ4n) is 2.54. The summed E-state index contributed by atoms with van der Waals surface area (Å²) in [6.45, 7) is 1.42. The lowest BCUT2D eigenvalue weighted by Crippen LogP contribution is -2.47. The Morgan fingerprint density at radius 3 is 2.57 bits per heavy atom. The molecule has 1 amide bonds. The zero-order chi connectivity index (χ0) is 22.5.